The van der Waals surface area contributed by atoms with Crippen molar-refractivity contribution >= 4 is 5.69 Å². The van der Waals surface area contributed by atoms with E-state index >= 15 is 0 Å². The molecule has 20 heavy (non-hydrogen) atoms. The molecule has 5 heteroatoms. The fourth-order valence-corrected chi connectivity index (χ4v) is 2.64. The van der Waals surface area contributed by atoms with Gasteiger partial charge in [-0.15, -0.1) is 0 Å². The van der Waals surface area contributed by atoms with Crippen molar-refractivity contribution in [2.75, 3.05) is 25.1 Å². The van der Waals surface area contributed by atoms with Gasteiger partial charge < -0.3 is 14.7 Å². The molecular formula is C15H17N3O2. The molecule has 0 amide bonds. The Kier molecular flexibility index (Phi) is 3.52. The van der Waals surface area contributed by atoms with Crippen LogP contribution in [0.4, 0.5) is 5.69 Å². The number of nitrogens with zero attached hydrogens (tertiary/aromatic N) is 3. The highest BCUT2D eigenvalue weighted by Gasteiger charge is 2.26. The van der Waals surface area contributed by atoms with E-state index in [2.05, 4.69) is 15.1 Å². The molecule has 5 nitrogen and oxygen atoms in total. The van der Waals surface area contributed by atoms with Crippen molar-refractivity contribution in [2.24, 2.45) is 0 Å². The molecule has 1 N–H and O–H groups in total. The molecule has 104 valence electrons. The second-order valence-corrected chi connectivity index (χ2v) is 4.87. The molecule has 0 spiro atoms. The van der Waals surface area contributed by atoms with Gasteiger partial charge in [0.15, 0.2) is 0 Å². The lowest BCUT2D eigenvalue weighted by Gasteiger charge is -2.22. The highest BCUT2D eigenvalue weighted by molar-refractivity contribution is 5.81. The summed E-state index contributed by atoms with van der Waals surface area (Å²) < 4.78 is 5.40. The first-order valence-electron chi connectivity index (χ1n) is 6.67. The Labute approximate surface area is 117 Å². The smallest absolute Gasteiger partial charge is 0.139 e. The Morgan fingerprint density at radius 1 is 1.30 bits per heavy atom. The first-order valence-corrected chi connectivity index (χ1v) is 6.67. The van der Waals surface area contributed by atoms with E-state index in [4.69, 9.17) is 4.74 Å². The Bertz CT molecular complexity index is 589. The minimum atomic E-state index is 0.212. The van der Waals surface area contributed by atoms with Crippen molar-refractivity contribution in [1.29, 1.82) is 0 Å². The number of phenols is 1. The highest BCUT2D eigenvalue weighted by Crippen LogP contribution is 2.38. The minimum Gasteiger partial charge on any atom is -0.506 e. The lowest BCUT2D eigenvalue weighted by Crippen LogP contribution is -2.23. The predicted octanol–water partition coefficient (Wildman–Crippen LogP) is 2.07. The van der Waals surface area contributed by atoms with Gasteiger partial charge in [0.1, 0.15) is 5.75 Å². The Morgan fingerprint density at radius 3 is 2.90 bits per heavy atom. The second-order valence-electron chi connectivity index (χ2n) is 4.87. The van der Waals surface area contributed by atoms with Crippen molar-refractivity contribution in [2.45, 2.75) is 12.5 Å². The van der Waals surface area contributed by atoms with Crippen LogP contribution in [0.3, 0.4) is 0 Å². The maximum atomic E-state index is 10.2. The van der Waals surface area contributed by atoms with Crippen LogP contribution in [-0.4, -0.2) is 41.6 Å². The van der Waals surface area contributed by atoms with Crippen LogP contribution in [0.15, 0.2) is 36.5 Å². The number of aromatic hydroxyl groups is 1. The van der Waals surface area contributed by atoms with Gasteiger partial charge in [-0.2, -0.15) is 10.2 Å². The van der Waals surface area contributed by atoms with E-state index in [1.165, 1.54) is 0 Å². The average molecular weight is 271 g/mol. The zero-order chi connectivity index (χ0) is 13.9. The van der Waals surface area contributed by atoms with Crippen LogP contribution in [0.1, 0.15) is 6.42 Å². The van der Waals surface area contributed by atoms with Crippen LogP contribution in [0.2, 0.25) is 0 Å². The number of aromatic nitrogens is 2. The number of para-hydroxylation sites is 1. The van der Waals surface area contributed by atoms with Crippen LogP contribution in [0.25, 0.3) is 11.3 Å². The molecule has 0 radical (unpaired) electrons. The average Bonchev–Trinajstić information content (AvgIpc) is 2.96. The minimum absolute atomic E-state index is 0.212. The molecule has 3 rings (SSSR count). The number of methoxy groups -OCH3 is 1. The number of rotatable bonds is 3. The molecule has 1 atom stereocenters. The molecule has 1 aromatic heterocycles. The van der Waals surface area contributed by atoms with E-state index in [1.807, 2.05) is 24.3 Å². The summed E-state index contributed by atoms with van der Waals surface area (Å²) in [6.45, 7) is 1.64. The monoisotopic (exact) mass is 271 g/mol. The van der Waals surface area contributed by atoms with E-state index in [0.29, 0.717) is 0 Å². The summed E-state index contributed by atoms with van der Waals surface area (Å²) >= 11 is 0. The van der Waals surface area contributed by atoms with Crippen LogP contribution in [0, 0.1) is 0 Å². The molecule has 1 saturated heterocycles. The molecule has 2 aromatic rings. The van der Waals surface area contributed by atoms with E-state index in [1.54, 1.807) is 19.4 Å². The number of hydrogen-bond donors (Lipinski definition) is 1. The van der Waals surface area contributed by atoms with Crippen molar-refractivity contribution in [3.63, 3.8) is 0 Å². The summed E-state index contributed by atoms with van der Waals surface area (Å²) in [5.74, 6) is 0.268. The molecule has 1 aliphatic heterocycles. The first-order chi connectivity index (χ1) is 9.79. The third-order valence-electron chi connectivity index (χ3n) is 3.66. The van der Waals surface area contributed by atoms with Gasteiger partial charge in [0.2, 0.25) is 0 Å². The number of hydrogen-bond acceptors (Lipinski definition) is 5. The van der Waals surface area contributed by atoms with Gasteiger partial charge in [-0.05, 0) is 24.6 Å². The van der Waals surface area contributed by atoms with Gasteiger partial charge in [0, 0.05) is 32.0 Å². The third-order valence-corrected chi connectivity index (χ3v) is 3.66. The number of anilines is 1. The molecule has 1 aliphatic rings. The molecule has 0 bridgehead atoms. The summed E-state index contributed by atoms with van der Waals surface area (Å²) in [4.78, 5) is 2.15. The van der Waals surface area contributed by atoms with E-state index in [9.17, 15) is 5.11 Å². The van der Waals surface area contributed by atoms with Crippen LogP contribution < -0.4 is 4.90 Å². The largest absolute Gasteiger partial charge is 0.506 e. The highest BCUT2D eigenvalue weighted by atomic mass is 16.5. The third kappa shape index (κ3) is 2.32. The molecule has 1 fully saturated rings. The fraction of sp³-hybridized carbons (Fsp3) is 0.333. The van der Waals surface area contributed by atoms with Crippen molar-refractivity contribution < 1.29 is 9.84 Å². The fourth-order valence-electron chi connectivity index (χ4n) is 2.64. The van der Waals surface area contributed by atoms with Crippen LogP contribution >= 0.6 is 0 Å². The van der Waals surface area contributed by atoms with Gasteiger partial charge in [0.25, 0.3) is 0 Å². The van der Waals surface area contributed by atoms with Crippen LogP contribution in [0.5, 0.6) is 5.75 Å². The second kappa shape index (κ2) is 5.46. The summed E-state index contributed by atoms with van der Waals surface area (Å²) in [5, 5.41) is 18.3. The Morgan fingerprint density at radius 2 is 2.20 bits per heavy atom. The van der Waals surface area contributed by atoms with E-state index < -0.39 is 0 Å². The van der Waals surface area contributed by atoms with Crippen molar-refractivity contribution in [3.8, 4) is 17.0 Å². The summed E-state index contributed by atoms with van der Waals surface area (Å²) in [7, 11) is 1.72. The zero-order valence-corrected chi connectivity index (χ0v) is 11.4. The first kappa shape index (κ1) is 12.9. The topological polar surface area (TPSA) is 58.5 Å². The Hall–Kier alpha value is -2.14. The Balaban J connectivity index is 2.02. The van der Waals surface area contributed by atoms with E-state index in [0.717, 1.165) is 36.5 Å². The standard InChI is InChI=1S/C15H17N3O2/c1-20-11-7-9-18(10-11)15-12(4-2-6-14(15)19)13-5-3-8-16-17-13/h2-6,8,11,19H,7,9-10H2,1H3. The normalized spacial score (nSPS) is 18.4. The molecule has 0 saturated carbocycles. The molecule has 2 heterocycles. The SMILES string of the molecule is COC1CCN(c2c(O)cccc2-c2cccnn2)C1. The number of benzene rings is 1. The van der Waals surface area contributed by atoms with Crippen molar-refractivity contribution in [1.82, 2.24) is 10.2 Å². The predicted molar refractivity (Wildman–Crippen MR) is 76.8 cm³/mol. The molecule has 1 unspecified atom stereocenters. The number of phenolic OH excluding ortho intramolecular Hbond substituents is 1. The van der Waals surface area contributed by atoms with Gasteiger partial charge >= 0.3 is 0 Å². The lowest BCUT2D eigenvalue weighted by molar-refractivity contribution is 0.121. The van der Waals surface area contributed by atoms with Gasteiger partial charge in [-0.1, -0.05) is 12.1 Å². The summed E-state index contributed by atoms with van der Waals surface area (Å²) in [5.41, 5.74) is 2.47. The molecule has 0 aliphatic carbocycles. The summed E-state index contributed by atoms with van der Waals surface area (Å²) in [6, 6.07) is 9.23. The van der Waals surface area contributed by atoms with Gasteiger partial charge in [-0.25, -0.2) is 0 Å². The maximum Gasteiger partial charge on any atom is 0.139 e. The number of ether oxygens (including phenoxy) is 1. The lowest BCUT2D eigenvalue weighted by atomic mass is 10.1. The maximum absolute atomic E-state index is 10.2. The van der Waals surface area contributed by atoms with Crippen LogP contribution in [-0.2, 0) is 4.74 Å². The van der Waals surface area contributed by atoms with Gasteiger partial charge in [-0.3, -0.25) is 0 Å². The van der Waals surface area contributed by atoms with E-state index in [-0.39, 0.29) is 11.9 Å². The molecular weight excluding hydrogens is 254 g/mol. The zero-order valence-electron chi connectivity index (χ0n) is 11.4. The summed E-state index contributed by atoms with van der Waals surface area (Å²) in [6.07, 6.45) is 2.82. The molecule has 1 aromatic carbocycles. The van der Waals surface area contributed by atoms with Crippen molar-refractivity contribution in [3.05, 3.63) is 36.5 Å². The quantitative estimate of drug-likeness (QED) is 0.926. The van der Waals surface area contributed by atoms with Gasteiger partial charge in [0.05, 0.1) is 17.5 Å².